The van der Waals surface area contributed by atoms with Crippen LogP contribution in [0, 0.1) is 0 Å². The van der Waals surface area contributed by atoms with Gasteiger partial charge in [-0.1, -0.05) is 13.0 Å². The number of carbonyl (C=O) groups is 1. The van der Waals surface area contributed by atoms with E-state index in [0.29, 0.717) is 6.04 Å². The highest BCUT2D eigenvalue weighted by molar-refractivity contribution is 5.88. The molecule has 2 rings (SSSR count). The molecule has 0 aliphatic carbocycles. The lowest BCUT2D eigenvalue weighted by atomic mass is 10.1. The molecule has 0 spiro atoms. The van der Waals surface area contributed by atoms with Gasteiger partial charge >= 0.3 is 5.97 Å². The largest absolute Gasteiger partial charge is 0.466 e. The molecule has 0 aromatic carbocycles. The van der Waals surface area contributed by atoms with Crippen LogP contribution in [0.3, 0.4) is 0 Å². The van der Waals surface area contributed by atoms with Gasteiger partial charge in [-0.25, -0.2) is 4.79 Å². The zero-order valence-electron chi connectivity index (χ0n) is 12.4. The summed E-state index contributed by atoms with van der Waals surface area (Å²) in [6.07, 6.45) is 5.45. The van der Waals surface area contributed by atoms with E-state index in [4.69, 9.17) is 4.74 Å². The van der Waals surface area contributed by atoms with Crippen molar-refractivity contribution in [1.29, 1.82) is 0 Å². The van der Waals surface area contributed by atoms with Crippen LogP contribution in [0.2, 0.25) is 0 Å². The van der Waals surface area contributed by atoms with Gasteiger partial charge in [0.1, 0.15) is 0 Å². The monoisotopic (exact) mass is 266 g/mol. The molecule has 0 aromatic rings. The van der Waals surface area contributed by atoms with E-state index in [2.05, 4.69) is 16.7 Å². The second-order valence-electron chi connectivity index (χ2n) is 5.67. The Morgan fingerprint density at radius 2 is 2.21 bits per heavy atom. The summed E-state index contributed by atoms with van der Waals surface area (Å²) in [6.45, 7) is 8.71. The molecule has 19 heavy (non-hydrogen) atoms. The standard InChI is InChI=1S/C15H26N2O2/c1-4-13(15(18)19-3)7-9-16-11-14-6-5-8-17(14)10-12(16)2/h7,12,14H,4-6,8-11H2,1-3H3. The minimum atomic E-state index is -0.186. The van der Waals surface area contributed by atoms with Crippen LogP contribution in [-0.4, -0.2) is 61.1 Å². The number of carbonyl (C=O) groups excluding carboxylic acids is 1. The first-order valence-electron chi connectivity index (χ1n) is 7.41. The van der Waals surface area contributed by atoms with Gasteiger partial charge in [0.25, 0.3) is 0 Å². The number of hydrogen-bond acceptors (Lipinski definition) is 4. The lowest BCUT2D eigenvalue weighted by Crippen LogP contribution is -2.54. The van der Waals surface area contributed by atoms with Crippen LogP contribution in [0.5, 0.6) is 0 Å². The number of fused-ring (bicyclic) bond motifs is 1. The van der Waals surface area contributed by atoms with Gasteiger partial charge in [-0.2, -0.15) is 0 Å². The first-order valence-corrected chi connectivity index (χ1v) is 7.41. The van der Waals surface area contributed by atoms with Crippen LogP contribution < -0.4 is 0 Å². The molecule has 2 heterocycles. The fourth-order valence-electron chi connectivity index (χ4n) is 3.23. The number of methoxy groups -OCH3 is 1. The maximum atomic E-state index is 11.6. The van der Waals surface area contributed by atoms with Crippen LogP contribution in [0.4, 0.5) is 0 Å². The molecule has 2 aliphatic heterocycles. The number of esters is 1. The molecule has 0 aromatic heterocycles. The van der Waals surface area contributed by atoms with Crippen LogP contribution in [0.1, 0.15) is 33.1 Å². The summed E-state index contributed by atoms with van der Waals surface area (Å²) in [6, 6.07) is 1.30. The number of hydrogen-bond donors (Lipinski definition) is 0. The van der Waals surface area contributed by atoms with Gasteiger partial charge in [-0.05, 0) is 32.7 Å². The lowest BCUT2D eigenvalue weighted by molar-refractivity contribution is -0.136. The Hall–Kier alpha value is -0.870. The molecular weight excluding hydrogens is 240 g/mol. The highest BCUT2D eigenvalue weighted by Gasteiger charge is 2.33. The molecule has 2 atom stereocenters. The molecule has 0 bridgehead atoms. The van der Waals surface area contributed by atoms with Gasteiger partial charge in [-0.3, -0.25) is 9.80 Å². The van der Waals surface area contributed by atoms with Crippen molar-refractivity contribution in [2.75, 3.05) is 33.3 Å². The summed E-state index contributed by atoms with van der Waals surface area (Å²) in [7, 11) is 1.45. The highest BCUT2D eigenvalue weighted by atomic mass is 16.5. The minimum absolute atomic E-state index is 0.186. The predicted molar refractivity (Wildman–Crippen MR) is 76.0 cm³/mol. The fourth-order valence-corrected chi connectivity index (χ4v) is 3.23. The molecule has 4 heteroatoms. The Labute approximate surface area is 116 Å². The number of rotatable bonds is 4. The number of piperazine rings is 1. The average Bonchev–Trinajstić information content (AvgIpc) is 2.86. The van der Waals surface area contributed by atoms with Crippen molar-refractivity contribution in [2.45, 2.75) is 45.2 Å². The molecule has 0 saturated carbocycles. The average molecular weight is 266 g/mol. The Kier molecular flexibility index (Phi) is 4.99. The number of nitrogens with zero attached hydrogens (tertiary/aromatic N) is 2. The molecule has 0 radical (unpaired) electrons. The Morgan fingerprint density at radius 3 is 2.89 bits per heavy atom. The SMILES string of the molecule is CCC(=CCN1CC2CCCN2CC1C)C(=O)OC. The van der Waals surface area contributed by atoms with Crippen LogP contribution in [0.15, 0.2) is 11.6 Å². The van der Waals surface area contributed by atoms with E-state index in [-0.39, 0.29) is 5.97 Å². The Bertz CT molecular complexity index is 354. The van der Waals surface area contributed by atoms with Crippen molar-refractivity contribution in [3.8, 4) is 0 Å². The topological polar surface area (TPSA) is 32.8 Å². The maximum Gasteiger partial charge on any atom is 0.333 e. The summed E-state index contributed by atoms with van der Waals surface area (Å²) >= 11 is 0. The third kappa shape index (κ3) is 3.37. The maximum absolute atomic E-state index is 11.6. The van der Waals surface area contributed by atoms with Crippen molar-refractivity contribution >= 4 is 5.97 Å². The second kappa shape index (κ2) is 6.53. The summed E-state index contributed by atoms with van der Waals surface area (Å²) in [5, 5.41) is 0. The van der Waals surface area contributed by atoms with E-state index in [1.54, 1.807) is 0 Å². The van der Waals surface area contributed by atoms with Crippen molar-refractivity contribution in [2.24, 2.45) is 0 Å². The van der Waals surface area contributed by atoms with E-state index >= 15 is 0 Å². The van der Waals surface area contributed by atoms with Gasteiger partial charge in [-0.15, -0.1) is 0 Å². The molecule has 2 unspecified atom stereocenters. The Morgan fingerprint density at radius 1 is 1.42 bits per heavy atom. The van der Waals surface area contributed by atoms with E-state index in [1.165, 1.54) is 26.5 Å². The molecule has 0 amide bonds. The third-order valence-electron chi connectivity index (χ3n) is 4.47. The van der Waals surface area contributed by atoms with Crippen LogP contribution >= 0.6 is 0 Å². The van der Waals surface area contributed by atoms with E-state index in [0.717, 1.165) is 37.7 Å². The molecular formula is C15H26N2O2. The third-order valence-corrected chi connectivity index (χ3v) is 4.47. The zero-order chi connectivity index (χ0) is 13.8. The van der Waals surface area contributed by atoms with Gasteiger partial charge in [0.15, 0.2) is 0 Å². The lowest BCUT2D eigenvalue weighted by Gasteiger charge is -2.42. The molecule has 108 valence electrons. The number of ether oxygens (including phenoxy) is 1. The van der Waals surface area contributed by atoms with Gasteiger partial charge in [0.2, 0.25) is 0 Å². The van der Waals surface area contributed by atoms with Gasteiger partial charge < -0.3 is 4.74 Å². The van der Waals surface area contributed by atoms with Gasteiger partial charge in [0.05, 0.1) is 7.11 Å². The molecule has 2 saturated heterocycles. The molecule has 0 N–H and O–H groups in total. The smallest absolute Gasteiger partial charge is 0.333 e. The van der Waals surface area contributed by atoms with E-state index in [1.807, 2.05) is 13.0 Å². The van der Waals surface area contributed by atoms with E-state index < -0.39 is 0 Å². The van der Waals surface area contributed by atoms with Crippen molar-refractivity contribution < 1.29 is 9.53 Å². The molecule has 2 aliphatic rings. The van der Waals surface area contributed by atoms with Gasteiger partial charge in [0, 0.05) is 37.3 Å². The molecule has 4 nitrogen and oxygen atoms in total. The summed E-state index contributed by atoms with van der Waals surface area (Å²) in [4.78, 5) is 16.7. The van der Waals surface area contributed by atoms with Crippen LogP contribution in [-0.2, 0) is 9.53 Å². The Balaban J connectivity index is 1.94. The second-order valence-corrected chi connectivity index (χ2v) is 5.67. The van der Waals surface area contributed by atoms with Crippen molar-refractivity contribution in [1.82, 2.24) is 9.80 Å². The normalized spacial score (nSPS) is 29.3. The first-order chi connectivity index (χ1) is 9.15. The first kappa shape index (κ1) is 14.5. The fraction of sp³-hybridized carbons (Fsp3) is 0.800. The van der Waals surface area contributed by atoms with Crippen molar-refractivity contribution in [3.05, 3.63) is 11.6 Å². The minimum Gasteiger partial charge on any atom is -0.466 e. The predicted octanol–water partition coefficient (Wildman–Crippen LogP) is 1.66. The summed E-state index contributed by atoms with van der Waals surface area (Å²) in [5.74, 6) is -0.186. The molecule has 2 fully saturated rings. The highest BCUT2D eigenvalue weighted by Crippen LogP contribution is 2.24. The van der Waals surface area contributed by atoms with Crippen molar-refractivity contribution in [3.63, 3.8) is 0 Å². The summed E-state index contributed by atoms with van der Waals surface area (Å²) in [5.41, 5.74) is 0.795. The van der Waals surface area contributed by atoms with E-state index in [9.17, 15) is 4.79 Å². The summed E-state index contributed by atoms with van der Waals surface area (Å²) < 4.78 is 4.81. The quantitative estimate of drug-likeness (QED) is 0.572. The van der Waals surface area contributed by atoms with Crippen LogP contribution in [0.25, 0.3) is 0 Å². The zero-order valence-corrected chi connectivity index (χ0v) is 12.4.